The van der Waals surface area contributed by atoms with Crippen LogP contribution in [0.1, 0.15) is 54.2 Å². The number of fused-ring (bicyclic) bond motifs is 1. The molecule has 0 spiro atoms. The summed E-state index contributed by atoms with van der Waals surface area (Å²) >= 11 is 0. The molecule has 0 bridgehead atoms. The van der Waals surface area contributed by atoms with Crippen LogP contribution in [0.5, 0.6) is 0 Å². The minimum Gasteiger partial charge on any atom is -0.389 e. The third-order valence-corrected chi connectivity index (χ3v) is 7.68. The van der Waals surface area contributed by atoms with Crippen LogP contribution >= 0.6 is 0 Å². The van der Waals surface area contributed by atoms with E-state index in [0.717, 1.165) is 61.3 Å². The quantitative estimate of drug-likeness (QED) is 0.321. The van der Waals surface area contributed by atoms with Gasteiger partial charge in [0.05, 0.1) is 35.1 Å². The highest BCUT2D eigenvalue weighted by Crippen LogP contribution is 2.32. The van der Waals surface area contributed by atoms with E-state index in [4.69, 9.17) is 4.98 Å². The Morgan fingerprint density at radius 3 is 2.56 bits per heavy atom. The maximum absolute atomic E-state index is 13.5. The van der Waals surface area contributed by atoms with Gasteiger partial charge in [-0.25, -0.2) is 4.98 Å². The van der Waals surface area contributed by atoms with Gasteiger partial charge in [0, 0.05) is 43.2 Å². The van der Waals surface area contributed by atoms with Crippen LogP contribution in [0.4, 0.5) is 5.95 Å². The van der Waals surface area contributed by atoms with Gasteiger partial charge in [0.15, 0.2) is 0 Å². The number of hydrogen-bond acceptors (Lipinski definition) is 7. The van der Waals surface area contributed by atoms with Crippen LogP contribution in [0.25, 0.3) is 22.3 Å². The number of carbonyl (C=O) groups excluding carboxylic acids is 1. The lowest BCUT2D eigenvalue weighted by Gasteiger charge is -2.32. The molecular formula is C31H42N8O2. The van der Waals surface area contributed by atoms with Gasteiger partial charge in [-0.1, -0.05) is 6.07 Å². The van der Waals surface area contributed by atoms with Crippen molar-refractivity contribution in [1.82, 2.24) is 34.1 Å². The molecule has 1 aliphatic heterocycles. The van der Waals surface area contributed by atoms with Crippen molar-refractivity contribution in [1.29, 1.82) is 0 Å². The third-order valence-electron chi connectivity index (χ3n) is 7.68. The molecule has 1 fully saturated rings. The molecule has 10 nitrogen and oxygen atoms in total. The maximum Gasteiger partial charge on any atom is 0.258 e. The first-order valence-electron chi connectivity index (χ1n) is 14.3. The van der Waals surface area contributed by atoms with E-state index < -0.39 is 5.60 Å². The number of aromatic nitrogens is 5. The van der Waals surface area contributed by atoms with E-state index in [-0.39, 0.29) is 5.91 Å². The normalized spacial score (nSPS) is 15.2. The van der Waals surface area contributed by atoms with Gasteiger partial charge in [0.1, 0.15) is 0 Å². The molecule has 3 aromatic heterocycles. The van der Waals surface area contributed by atoms with Crippen LogP contribution in [0, 0.1) is 6.92 Å². The van der Waals surface area contributed by atoms with Crippen LogP contribution in [0.2, 0.25) is 0 Å². The van der Waals surface area contributed by atoms with Gasteiger partial charge in [-0.05, 0) is 96.5 Å². The molecule has 0 aliphatic carbocycles. The van der Waals surface area contributed by atoms with Crippen molar-refractivity contribution in [2.45, 2.75) is 51.7 Å². The van der Waals surface area contributed by atoms with Crippen molar-refractivity contribution in [3.8, 4) is 11.3 Å². The van der Waals surface area contributed by atoms with Crippen LogP contribution in [0.15, 0.2) is 42.7 Å². The van der Waals surface area contributed by atoms with E-state index in [9.17, 15) is 9.90 Å². The number of carbonyl (C=O) groups is 1. The fourth-order valence-electron chi connectivity index (χ4n) is 5.54. The zero-order valence-corrected chi connectivity index (χ0v) is 25.1. The Bertz CT molecular complexity index is 1520. The van der Waals surface area contributed by atoms with E-state index in [1.165, 1.54) is 5.56 Å². The van der Waals surface area contributed by atoms with E-state index in [1.54, 1.807) is 36.9 Å². The lowest BCUT2D eigenvalue weighted by molar-refractivity contribution is 0.0630. The minimum absolute atomic E-state index is 0.279. The number of nitrogens with one attached hydrogen (secondary N) is 1. The predicted octanol–water partition coefficient (Wildman–Crippen LogP) is 3.90. The van der Waals surface area contributed by atoms with Crippen LogP contribution in [0.3, 0.4) is 0 Å². The number of likely N-dealkylation sites (N-methyl/N-ethyl adjacent to an activating group) is 1. The lowest BCUT2D eigenvalue weighted by atomic mass is 9.89. The summed E-state index contributed by atoms with van der Waals surface area (Å²) in [6.45, 7) is 10.1. The zero-order chi connectivity index (χ0) is 29.3. The Labute approximate surface area is 242 Å². The standard InChI is InChI=1S/C31H42N8O2/c1-21-15-24(16-27(33-21)25-18-32-37(6)19-25)29(40)35-30-34-26-8-7-23(17-28(26)39(30)20-31(2,3)41)22-9-11-38(12-10-22)14-13-36(4)5/h7-8,15-19,22,41H,9-14,20H2,1-6H3,(H,34,35,40). The third kappa shape index (κ3) is 7.01. The first-order chi connectivity index (χ1) is 19.4. The van der Waals surface area contributed by atoms with E-state index >= 15 is 0 Å². The zero-order valence-electron chi connectivity index (χ0n) is 25.1. The molecule has 0 saturated carbocycles. The number of imidazole rings is 1. The molecule has 0 unspecified atom stereocenters. The number of aryl methyl sites for hydroxylation is 2. The molecule has 41 heavy (non-hydrogen) atoms. The molecular weight excluding hydrogens is 516 g/mol. The summed E-state index contributed by atoms with van der Waals surface area (Å²) in [7, 11) is 6.08. The molecule has 218 valence electrons. The minimum atomic E-state index is -0.998. The highest BCUT2D eigenvalue weighted by atomic mass is 16.3. The Morgan fingerprint density at radius 1 is 1.15 bits per heavy atom. The molecule has 4 aromatic rings. The topological polar surface area (TPSA) is 104 Å². The van der Waals surface area contributed by atoms with E-state index in [0.29, 0.717) is 29.7 Å². The summed E-state index contributed by atoms with van der Waals surface area (Å²) in [5.41, 5.74) is 4.74. The van der Waals surface area contributed by atoms with Crippen molar-refractivity contribution in [2.24, 2.45) is 7.05 Å². The number of amides is 1. The van der Waals surface area contributed by atoms with Gasteiger partial charge in [0.2, 0.25) is 5.95 Å². The molecule has 1 aliphatic rings. The lowest BCUT2D eigenvalue weighted by Crippen LogP contribution is -2.37. The number of pyridine rings is 1. The molecule has 1 amide bonds. The largest absolute Gasteiger partial charge is 0.389 e. The molecule has 1 aromatic carbocycles. The van der Waals surface area contributed by atoms with Gasteiger partial charge in [-0.2, -0.15) is 5.10 Å². The second-order valence-electron chi connectivity index (χ2n) is 12.2. The maximum atomic E-state index is 13.5. The Hall–Kier alpha value is -3.60. The summed E-state index contributed by atoms with van der Waals surface area (Å²) in [5, 5.41) is 18.0. The average molecular weight is 559 g/mol. The molecule has 4 heterocycles. The van der Waals surface area contributed by atoms with Gasteiger partial charge < -0.3 is 19.5 Å². The fraction of sp³-hybridized carbons (Fsp3) is 0.484. The van der Waals surface area contributed by atoms with Crippen LogP contribution in [-0.2, 0) is 13.6 Å². The Balaban J connectivity index is 1.41. The first-order valence-corrected chi connectivity index (χ1v) is 14.3. The second-order valence-corrected chi connectivity index (χ2v) is 12.2. The average Bonchev–Trinajstić information content (AvgIpc) is 3.49. The molecule has 10 heteroatoms. The van der Waals surface area contributed by atoms with Gasteiger partial charge in [-0.3, -0.25) is 19.8 Å². The van der Waals surface area contributed by atoms with Crippen LogP contribution < -0.4 is 5.32 Å². The van der Waals surface area contributed by atoms with Crippen molar-refractivity contribution in [3.05, 3.63) is 59.5 Å². The summed E-state index contributed by atoms with van der Waals surface area (Å²) in [6.07, 6.45) is 5.83. The summed E-state index contributed by atoms with van der Waals surface area (Å²) in [6, 6.07) is 9.94. The van der Waals surface area contributed by atoms with Crippen molar-refractivity contribution >= 4 is 22.9 Å². The Kier molecular flexibility index (Phi) is 8.26. The molecule has 0 atom stereocenters. The van der Waals surface area contributed by atoms with Crippen molar-refractivity contribution in [2.75, 3.05) is 45.6 Å². The predicted molar refractivity (Wildman–Crippen MR) is 162 cm³/mol. The Morgan fingerprint density at radius 2 is 1.90 bits per heavy atom. The second kappa shape index (κ2) is 11.7. The number of rotatable bonds is 9. The molecule has 0 radical (unpaired) electrons. The summed E-state index contributed by atoms with van der Waals surface area (Å²) in [4.78, 5) is 27.7. The van der Waals surface area contributed by atoms with Crippen molar-refractivity contribution in [3.63, 3.8) is 0 Å². The smallest absolute Gasteiger partial charge is 0.258 e. The van der Waals surface area contributed by atoms with Crippen LogP contribution in [-0.4, -0.2) is 91.0 Å². The van der Waals surface area contributed by atoms with Gasteiger partial charge in [-0.15, -0.1) is 0 Å². The summed E-state index contributed by atoms with van der Waals surface area (Å²) in [5.74, 6) is 0.614. The number of likely N-dealkylation sites (tertiary alicyclic amines) is 1. The van der Waals surface area contributed by atoms with Crippen molar-refractivity contribution < 1.29 is 9.90 Å². The SMILES string of the molecule is Cc1cc(C(=O)Nc2nc3ccc(C4CCN(CCN(C)C)CC4)cc3n2CC(C)(C)O)cc(-c2cnn(C)c2)n1. The number of benzene rings is 1. The molecule has 1 saturated heterocycles. The number of hydrogen-bond donors (Lipinski definition) is 2. The first kappa shape index (κ1) is 28.9. The number of anilines is 1. The van der Waals surface area contributed by atoms with Gasteiger partial charge in [0.25, 0.3) is 5.91 Å². The molecule has 2 N–H and O–H groups in total. The van der Waals surface area contributed by atoms with E-state index in [2.05, 4.69) is 51.4 Å². The highest BCUT2D eigenvalue weighted by molar-refractivity contribution is 6.04. The van der Waals surface area contributed by atoms with Gasteiger partial charge >= 0.3 is 0 Å². The number of aliphatic hydroxyl groups is 1. The van der Waals surface area contributed by atoms with E-state index in [1.807, 2.05) is 30.8 Å². The monoisotopic (exact) mass is 558 g/mol. The molecule has 5 rings (SSSR count). The number of nitrogens with zero attached hydrogens (tertiary/aromatic N) is 7. The fourth-order valence-corrected chi connectivity index (χ4v) is 5.54. The summed E-state index contributed by atoms with van der Waals surface area (Å²) < 4.78 is 3.64. The number of piperidine rings is 1. The highest BCUT2D eigenvalue weighted by Gasteiger charge is 2.24.